The van der Waals surface area contributed by atoms with Crippen molar-refractivity contribution in [3.05, 3.63) is 28.8 Å². The number of ether oxygens (including phenoxy) is 1. The first kappa shape index (κ1) is 15.0. The standard InChI is InChI=1S/C14H23NO3/c1-10-6-12(14(18-3)7-11(10)2)4-5-15-8-13(17)9-16/h6-7,13,15-17H,4-5,8-9H2,1-3H3. The smallest absolute Gasteiger partial charge is 0.122 e. The van der Waals surface area contributed by atoms with Crippen LogP contribution in [0.3, 0.4) is 0 Å². The van der Waals surface area contributed by atoms with Crippen LogP contribution in [0.5, 0.6) is 5.75 Å². The maximum atomic E-state index is 9.20. The normalized spacial score (nSPS) is 12.5. The number of methoxy groups -OCH3 is 1. The highest BCUT2D eigenvalue weighted by Gasteiger charge is 2.06. The molecule has 1 aromatic rings. The fourth-order valence-electron chi connectivity index (χ4n) is 1.79. The third-order valence-corrected chi connectivity index (χ3v) is 3.06. The largest absolute Gasteiger partial charge is 0.496 e. The molecule has 1 rings (SSSR count). The molecule has 18 heavy (non-hydrogen) atoms. The monoisotopic (exact) mass is 253 g/mol. The van der Waals surface area contributed by atoms with Crippen molar-refractivity contribution in [2.24, 2.45) is 0 Å². The molecule has 0 saturated carbocycles. The first-order valence-corrected chi connectivity index (χ1v) is 6.22. The van der Waals surface area contributed by atoms with E-state index in [1.807, 2.05) is 6.07 Å². The van der Waals surface area contributed by atoms with Crippen LogP contribution in [0.2, 0.25) is 0 Å². The van der Waals surface area contributed by atoms with Gasteiger partial charge in [0.1, 0.15) is 5.75 Å². The number of hydrogen-bond donors (Lipinski definition) is 3. The van der Waals surface area contributed by atoms with Gasteiger partial charge in [-0.1, -0.05) is 6.07 Å². The minimum atomic E-state index is -0.688. The Morgan fingerprint density at radius 1 is 1.28 bits per heavy atom. The van der Waals surface area contributed by atoms with Gasteiger partial charge < -0.3 is 20.3 Å². The third kappa shape index (κ3) is 4.29. The van der Waals surface area contributed by atoms with Crippen LogP contribution >= 0.6 is 0 Å². The topological polar surface area (TPSA) is 61.7 Å². The molecular weight excluding hydrogens is 230 g/mol. The number of hydrogen-bond acceptors (Lipinski definition) is 4. The molecule has 1 aromatic carbocycles. The van der Waals surface area contributed by atoms with E-state index in [9.17, 15) is 5.11 Å². The van der Waals surface area contributed by atoms with Crippen molar-refractivity contribution in [2.75, 3.05) is 26.8 Å². The maximum Gasteiger partial charge on any atom is 0.122 e. The van der Waals surface area contributed by atoms with Crippen molar-refractivity contribution in [1.29, 1.82) is 0 Å². The molecular formula is C14H23NO3. The Morgan fingerprint density at radius 2 is 1.94 bits per heavy atom. The van der Waals surface area contributed by atoms with Gasteiger partial charge in [-0.3, -0.25) is 0 Å². The molecule has 0 aliphatic rings. The summed E-state index contributed by atoms with van der Waals surface area (Å²) in [5.74, 6) is 0.905. The molecule has 0 aromatic heterocycles. The van der Waals surface area contributed by atoms with Crippen LogP contribution in [-0.4, -0.2) is 43.1 Å². The number of aliphatic hydroxyl groups excluding tert-OH is 2. The van der Waals surface area contributed by atoms with Crippen molar-refractivity contribution in [3.8, 4) is 5.75 Å². The van der Waals surface area contributed by atoms with Crippen LogP contribution in [0.15, 0.2) is 12.1 Å². The molecule has 0 radical (unpaired) electrons. The van der Waals surface area contributed by atoms with Crippen LogP contribution in [0.4, 0.5) is 0 Å². The second-order valence-electron chi connectivity index (χ2n) is 4.54. The van der Waals surface area contributed by atoms with Gasteiger partial charge in [0.25, 0.3) is 0 Å². The molecule has 0 fully saturated rings. The van der Waals surface area contributed by atoms with Gasteiger partial charge in [0.05, 0.1) is 19.8 Å². The summed E-state index contributed by atoms with van der Waals surface area (Å²) in [5, 5.41) is 21.0. The minimum Gasteiger partial charge on any atom is -0.496 e. The van der Waals surface area contributed by atoms with E-state index in [4.69, 9.17) is 9.84 Å². The summed E-state index contributed by atoms with van der Waals surface area (Å²) in [6.07, 6.45) is 0.147. The fraction of sp³-hybridized carbons (Fsp3) is 0.571. The van der Waals surface area contributed by atoms with Gasteiger partial charge in [-0.2, -0.15) is 0 Å². The second kappa shape index (κ2) is 7.36. The summed E-state index contributed by atoms with van der Waals surface area (Å²) >= 11 is 0. The predicted octanol–water partition coefficient (Wildman–Crippen LogP) is 0.797. The lowest BCUT2D eigenvalue weighted by atomic mass is 10.0. The Kier molecular flexibility index (Phi) is 6.12. The zero-order valence-electron chi connectivity index (χ0n) is 11.4. The number of rotatable bonds is 7. The average Bonchev–Trinajstić information content (AvgIpc) is 2.37. The second-order valence-corrected chi connectivity index (χ2v) is 4.54. The molecule has 0 heterocycles. The van der Waals surface area contributed by atoms with E-state index < -0.39 is 6.10 Å². The molecule has 4 nitrogen and oxygen atoms in total. The molecule has 102 valence electrons. The van der Waals surface area contributed by atoms with E-state index in [-0.39, 0.29) is 6.61 Å². The Morgan fingerprint density at radius 3 is 2.56 bits per heavy atom. The molecule has 1 unspecified atom stereocenters. The minimum absolute atomic E-state index is 0.208. The van der Waals surface area contributed by atoms with Crippen LogP contribution in [-0.2, 0) is 6.42 Å². The van der Waals surface area contributed by atoms with Crippen LogP contribution in [0, 0.1) is 13.8 Å². The van der Waals surface area contributed by atoms with Gasteiger partial charge in [0.2, 0.25) is 0 Å². The van der Waals surface area contributed by atoms with E-state index in [1.165, 1.54) is 11.1 Å². The van der Waals surface area contributed by atoms with E-state index in [2.05, 4.69) is 25.2 Å². The van der Waals surface area contributed by atoms with Gasteiger partial charge in [-0.25, -0.2) is 0 Å². The Bertz CT molecular complexity index is 380. The van der Waals surface area contributed by atoms with Gasteiger partial charge in [-0.05, 0) is 49.6 Å². The highest BCUT2D eigenvalue weighted by molar-refractivity contribution is 5.41. The predicted molar refractivity (Wildman–Crippen MR) is 72.1 cm³/mol. The molecule has 1 atom stereocenters. The van der Waals surface area contributed by atoms with E-state index in [0.29, 0.717) is 6.54 Å². The summed E-state index contributed by atoms with van der Waals surface area (Å²) in [6.45, 7) is 5.10. The van der Waals surface area contributed by atoms with Crippen molar-refractivity contribution < 1.29 is 14.9 Å². The molecule has 0 aliphatic carbocycles. The van der Waals surface area contributed by atoms with Crippen LogP contribution < -0.4 is 10.1 Å². The molecule has 3 N–H and O–H groups in total. The summed E-state index contributed by atoms with van der Waals surface area (Å²) in [5.41, 5.74) is 3.63. The maximum absolute atomic E-state index is 9.20. The lowest BCUT2D eigenvalue weighted by Crippen LogP contribution is -2.30. The number of aliphatic hydroxyl groups is 2. The lowest BCUT2D eigenvalue weighted by molar-refractivity contribution is 0.0947. The average molecular weight is 253 g/mol. The van der Waals surface area contributed by atoms with Crippen LogP contribution in [0.25, 0.3) is 0 Å². The van der Waals surface area contributed by atoms with Crippen LogP contribution in [0.1, 0.15) is 16.7 Å². The number of nitrogens with one attached hydrogen (secondary N) is 1. The Labute approximate surface area is 109 Å². The number of benzene rings is 1. The third-order valence-electron chi connectivity index (χ3n) is 3.06. The summed E-state index contributed by atoms with van der Waals surface area (Å²) in [4.78, 5) is 0. The Hall–Kier alpha value is -1.10. The van der Waals surface area contributed by atoms with Crippen molar-refractivity contribution >= 4 is 0 Å². The SMILES string of the molecule is COc1cc(C)c(C)cc1CCNCC(O)CO. The molecule has 0 saturated heterocycles. The molecule has 4 heteroatoms. The van der Waals surface area contributed by atoms with Crippen molar-refractivity contribution in [3.63, 3.8) is 0 Å². The zero-order chi connectivity index (χ0) is 13.5. The van der Waals surface area contributed by atoms with E-state index in [0.717, 1.165) is 24.3 Å². The number of aryl methyl sites for hydroxylation is 2. The van der Waals surface area contributed by atoms with Gasteiger partial charge in [0.15, 0.2) is 0 Å². The highest BCUT2D eigenvalue weighted by atomic mass is 16.5. The van der Waals surface area contributed by atoms with Gasteiger partial charge in [-0.15, -0.1) is 0 Å². The fourth-order valence-corrected chi connectivity index (χ4v) is 1.79. The summed E-state index contributed by atoms with van der Waals surface area (Å²) in [6, 6.07) is 4.19. The first-order valence-electron chi connectivity index (χ1n) is 6.22. The lowest BCUT2D eigenvalue weighted by Gasteiger charge is -2.13. The molecule has 0 spiro atoms. The first-order chi connectivity index (χ1) is 8.58. The van der Waals surface area contributed by atoms with Gasteiger partial charge >= 0.3 is 0 Å². The van der Waals surface area contributed by atoms with E-state index in [1.54, 1.807) is 7.11 Å². The van der Waals surface area contributed by atoms with Crippen molar-refractivity contribution in [1.82, 2.24) is 5.32 Å². The molecule has 0 aliphatic heterocycles. The highest BCUT2D eigenvalue weighted by Crippen LogP contribution is 2.23. The molecule has 0 amide bonds. The van der Waals surface area contributed by atoms with E-state index >= 15 is 0 Å². The van der Waals surface area contributed by atoms with Crippen molar-refractivity contribution in [2.45, 2.75) is 26.4 Å². The summed E-state index contributed by atoms with van der Waals surface area (Å²) < 4.78 is 5.36. The molecule has 0 bridgehead atoms. The quantitative estimate of drug-likeness (QED) is 0.629. The zero-order valence-corrected chi connectivity index (χ0v) is 11.4. The van der Waals surface area contributed by atoms with Gasteiger partial charge in [0, 0.05) is 6.54 Å². The summed E-state index contributed by atoms with van der Waals surface area (Å²) in [7, 11) is 1.68. The Balaban J connectivity index is 2.53.